The summed E-state index contributed by atoms with van der Waals surface area (Å²) in [6.45, 7) is 1.43. The van der Waals surface area contributed by atoms with E-state index < -0.39 is 0 Å². The number of carbonyl (C=O) groups is 2. The Morgan fingerprint density at radius 3 is 2.57 bits per heavy atom. The maximum atomic E-state index is 13.2. The van der Waals surface area contributed by atoms with Gasteiger partial charge < -0.3 is 15.5 Å². The molecule has 2 N–H and O–H groups in total. The second kappa shape index (κ2) is 10.0. The van der Waals surface area contributed by atoms with Crippen molar-refractivity contribution in [2.24, 2.45) is 0 Å². The number of carbonyl (C=O) groups excluding carboxylic acids is 2. The van der Waals surface area contributed by atoms with Gasteiger partial charge in [-0.15, -0.1) is 11.3 Å². The molecule has 3 amide bonds. The van der Waals surface area contributed by atoms with Crippen molar-refractivity contribution < 1.29 is 9.59 Å². The minimum absolute atomic E-state index is 0.219. The molecule has 0 radical (unpaired) electrons. The third-order valence-corrected chi connectivity index (χ3v) is 7.58. The van der Waals surface area contributed by atoms with Crippen LogP contribution in [-0.4, -0.2) is 54.0 Å². The molecule has 0 aliphatic carbocycles. The Morgan fingerprint density at radius 2 is 1.83 bits per heavy atom. The van der Waals surface area contributed by atoms with Gasteiger partial charge in [0.25, 0.3) is 5.91 Å². The largest absolute Gasteiger partial charge is 0.351 e. The highest BCUT2D eigenvalue weighted by atomic mass is 32.2. The molecule has 35 heavy (non-hydrogen) atoms. The van der Waals surface area contributed by atoms with Gasteiger partial charge in [-0.25, -0.2) is 19.7 Å². The molecule has 10 heteroatoms. The summed E-state index contributed by atoms with van der Waals surface area (Å²) in [7, 11) is 3.99. The number of amides is 3. The molecule has 0 saturated heterocycles. The number of hydrogen-bond acceptors (Lipinski definition) is 7. The molecular formula is C25H24N6O2S2. The molecule has 3 heterocycles. The van der Waals surface area contributed by atoms with Crippen molar-refractivity contribution in [3.8, 4) is 0 Å². The topological polar surface area (TPSA) is 90.5 Å². The van der Waals surface area contributed by atoms with Gasteiger partial charge in [-0.3, -0.25) is 4.79 Å². The number of thiophene rings is 1. The predicted octanol–water partition coefficient (Wildman–Crippen LogP) is 5.21. The van der Waals surface area contributed by atoms with Gasteiger partial charge >= 0.3 is 6.03 Å². The molecular weight excluding hydrogens is 480 g/mol. The zero-order valence-corrected chi connectivity index (χ0v) is 20.9. The molecule has 0 unspecified atom stereocenters. The Morgan fingerprint density at radius 1 is 1.09 bits per heavy atom. The first kappa shape index (κ1) is 23.3. The number of nitrogens with one attached hydrogen (secondary N) is 2. The number of aromatic nitrogens is 2. The Bertz CT molecular complexity index is 1370. The van der Waals surface area contributed by atoms with Crippen molar-refractivity contribution >= 4 is 62.4 Å². The van der Waals surface area contributed by atoms with Crippen LogP contribution in [0.25, 0.3) is 10.2 Å². The summed E-state index contributed by atoms with van der Waals surface area (Å²) >= 11 is 2.91. The lowest BCUT2D eigenvalue weighted by Gasteiger charge is -2.27. The molecule has 0 spiro atoms. The van der Waals surface area contributed by atoms with E-state index in [1.807, 2.05) is 56.6 Å². The van der Waals surface area contributed by atoms with E-state index in [0.29, 0.717) is 38.8 Å². The summed E-state index contributed by atoms with van der Waals surface area (Å²) < 4.78 is 0. The van der Waals surface area contributed by atoms with Crippen LogP contribution < -0.4 is 15.5 Å². The number of nitrogens with zero attached hydrogens (tertiary/aromatic N) is 4. The van der Waals surface area contributed by atoms with E-state index in [0.717, 1.165) is 22.8 Å². The maximum Gasteiger partial charge on any atom is 0.332 e. The Balaban J connectivity index is 1.41. The van der Waals surface area contributed by atoms with E-state index in [-0.39, 0.29) is 11.9 Å². The molecule has 2 aromatic heterocycles. The van der Waals surface area contributed by atoms with Crippen LogP contribution >= 0.6 is 23.1 Å². The molecule has 1 aliphatic heterocycles. The van der Waals surface area contributed by atoms with Crippen LogP contribution in [0.4, 0.5) is 22.0 Å². The molecule has 2 aromatic carbocycles. The molecule has 0 fully saturated rings. The van der Waals surface area contributed by atoms with E-state index in [1.54, 1.807) is 11.8 Å². The lowest BCUT2D eigenvalue weighted by atomic mass is 10.2. The Hall–Kier alpha value is -3.47. The minimum atomic E-state index is -0.360. The zero-order chi connectivity index (χ0) is 24.4. The number of urea groups is 1. The van der Waals surface area contributed by atoms with Crippen molar-refractivity contribution in [2.75, 3.05) is 37.4 Å². The van der Waals surface area contributed by atoms with Crippen LogP contribution in [0.1, 0.15) is 16.1 Å². The summed E-state index contributed by atoms with van der Waals surface area (Å²) in [4.78, 5) is 41.8. The average molecular weight is 505 g/mol. The van der Waals surface area contributed by atoms with Gasteiger partial charge in [0.1, 0.15) is 16.0 Å². The standard InChI is InChI=1S/C25H24N6O2S2/c1-30(2)14-6-13-26-23(32)21-20-19-22(27-15-28-24(19)35-21)31(25(33)29-20)16-9-11-18(12-10-16)34-17-7-4-3-5-8-17/h3-5,7-12,15H,6,13-14H2,1-2H3,(H,26,32)(H,29,33). The van der Waals surface area contributed by atoms with Crippen LogP contribution in [0.2, 0.25) is 0 Å². The fourth-order valence-corrected chi connectivity index (χ4v) is 5.68. The van der Waals surface area contributed by atoms with E-state index in [1.165, 1.54) is 22.6 Å². The highest BCUT2D eigenvalue weighted by Crippen LogP contribution is 2.44. The molecule has 5 rings (SSSR count). The van der Waals surface area contributed by atoms with Crippen molar-refractivity contribution in [1.29, 1.82) is 0 Å². The van der Waals surface area contributed by atoms with Gasteiger partial charge in [-0.2, -0.15) is 0 Å². The van der Waals surface area contributed by atoms with Crippen molar-refractivity contribution in [1.82, 2.24) is 20.2 Å². The summed E-state index contributed by atoms with van der Waals surface area (Å²) in [6, 6.07) is 17.5. The van der Waals surface area contributed by atoms with Crippen LogP contribution in [-0.2, 0) is 0 Å². The maximum absolute atomic E-state index is 13.2. The normalized spacial score (nSPS) is 12.8. The summed E-state index contributed by atoms with van der Waals surface area (Å²) in [5.41, 5.74) is 1.16. The fraction of sp³-hybridized carbons (Fsp3) is 0.200. The monoisotopic (exact) mass is 504 g/mol. The molecule has 0 saturated carbocycles. The molecule has 4 aromatic rings. The highest BCUT2D eigenvalue weighted by molar-refractivity contribution is 7.99. The molecule has 0 bridgehead atoms. The number of rotatable bonds is 8. The van der Waals surface area contributed by atoms with Crippen LogP contribution in [0, 0.1) is 0 Å². The summed E-state index contributed by atoms with van der Waals surface area (Å²) in [5, 5.41) is 6.53. The minimum Gasteiger partial charge on any atom is -0.351 e. The third-order valence-electron chi connectivity index (χ3n) is 5.46. The van der Waals surface area contributed by atoms with Crippen LogP contribution in [0.15, 0.2) is 70.7 Å². The van der Waals surface area contributed by atoms with Gasteiger partial charge in [0.05, 0.1) is 16.8 Å². The zero-order valence-electron chi connectivity index (χ0n) is 19.3. The molecule has 178 valence electrons. The first-order valence-corrected chi connectivity index (χ1v) is 12.8. The van der Waals surface area contributed by atoms with E-state index in [9.17, 15) is 9.59 Å². The Labute approximate surface area is 211 Å². The summed E-state index contributed by atoms with van der Waals surface area (Å²) in [6.07, 6.45) is 2.27. The van der Waals surface area contributed by atoms with E-state index in [4.69, 9.17) is 0 Å². The van der Waals surface area contributed by atoms with Crippen LogP contribution in [0.5, 0.6) is 0 Å². The predicted molar refractivity (Wildman–Crippen MR) is 141 cm³/mol. The molecule has 8 nitrogen and oxygen atoms in total. The van der Waals surface area contributed by atoms with Crippen molar-refractivity contribution in [3.05, 3.63) is 65.8 Å². The SMILES string of the molecule is CN(C)CCCNC(=O)c1sc2ncnc3c2c1NC(=O)N3c1ccc(Sc2ccccc2)cc1. The molecule has 0 atom stereocenters. The highest BCUT2D eigenvalue weighted by Gasteiger charge is 2.33. The number of benzene rings is 2. The second-order valence-electron chi connectivity index (χ2n) is 8.27. The van der Waals surface area contributed by atoms with Gasteiger partial charge in [-0.05, 0) is 63.5 Å². The van der Waals surface area contributed by atoms with Gasteiger partial charge in [-0.1, -0.05) is 30.0 Å². The molecule has 1 aliphatic rings. The van der Waals surface area contributed by atoms with E-state index in [2.05, 4.69) is 37.6 Å². The van der Waals surface area contributed by atoms with Gasteiger partial charge in [0, 0.05) is 16.3 Å². The first-order valence-electron chi connectivity index (χ1n) is 11.2. The smallest absolute Gasteiger partial charge is 0.332 e. The lowest BCUT2D eigenvalue weighted by Crippen LogP contribution is -2.35. The first-order chi connectivity index (χ1) is 17.0. The second-order valence-corrected chi connectivity index (χ2v) is 10.4. The third kappa shape index (κ3) is 4.86. The van der Waals surface area contributed by atoms with Gasteiger partial charge in [0.15, 0.2) is 5.82 Å². The van der Waals surface area contributed by atoms with E-state index >= 15 is 0 Å². The van der Waals surface area contributed by atoms with Gasteiger partial charge in [0.2, 0.25) is 0 Å². The van der Waals surface area contributed by atoms with Crippen LogP contribution in [0.3, 0.4) is 0 Å². The van der Waals surface area contributed by atoms with Crippen molar-refractivity contribution in [2.45, 2.75) is 16.2 Å². The lowest BCUT2D eigenvalue weighted by molar-refractivity contribution is 0.0957. The number of anilines is 3. The fourth-order valence-electron chi connectivity index (χ4n) is 3.83. The summed E-state index contributed by atoms with van der Waals surface area (Å²) in [5.74, 6) is 0.254. The Kier molecular flexibility index (Phi) is 6.67. The van der Waals surface area contributed by atoms with Crippen molar-refractivity contribution in [3.63, 3.8) is 0 Å². The number of hydrogen-bond donors (Lipinski definition) is 2. The average Bonchev–Trinajstić information content (AvgIpc) is 3.23. The quantitative estimate of drug-likeness (QED) is 0.320.